The van der Waals surface area contributed by atoms with E-state index in [1.165, 1.54) is 42.4 Å². The van der Waals surface area contributed by atoms with E-state index in [0.29, 0.717) is 5.41 Å². The van der Waals surface area contributed by atoms with Gasteiger partial charge < -0.3 is 5.32 Å². The van der Waals surface area contributed by atoms with Crippen LogP contribution in [0.1, 0.15) is 18.4 Å². The second kappa shape index (κ2) is 3.60. The van der Waals surface area contributed by atoms with Crippen molar-refractivity contribution >= 4 is 15.9 Å². The van der Waals surface area contributed by atoms with Gasteiger partial charge >= 0.3 is 0 Å². The van der Waals surface area contributed by atoms with E-state index >= 15 is 0 Å². The van der Waals surface area contributed by atoms with Crippen molar-refractivity contribution in [3.8, 4) is 0 Å². The van der Waals surface area contributed by atoms with E-state index in [9.17, 15) is 0 Å². The number of piperidine rings is 2. The van der Waals surface area contributed by atoms with Crippen LogP contribution in [-0.4, -0.2) is 13.1 Å². The van der Waals surface area contributed by atoms with Crippen LogP contribution in [0.5, 0.6) is 0 Å². The molecule has 15 heavy (non-hydrogen) atoms. The lowest BCUT2D eigenvalue weighted by molar-refractivity contribution is 0.0145. The Bertz CT molecular complexity index is 346. The van der Waals surface area contributed by atoms with Crippen LogP contribution in [0.2, 0.25) is 0 Å². The first-order chi connectivity index (χ1) is 7.26. The zero-order chi connectivity index (χ0) is 10.3. The van der Waals surface area contributed by atoms with Crippen LogP contribution < -0.4 is 5.32 Å². The highest BCUT2D eigenvalue weighted by molar-refractivity contribution is 9.10. The van der Waals surface area contributed by atoms with E-state index in [1.807, 2.05) is 0 Å². The van der Waals surface area contributed by atoms with Crippen molar-refractivity contribution in [2.45, 2.75) is 19.3 Å². The molecule has 80 valence electrons. The zero-order valence-electron chi connectivity index (χ0n) is 8.80. The molecule has 1 saturated carbocycles. The van der Waals surface area contributed by atoms with Gasteiger partial charge in [0, 0.05) is 11.0 Å². The molecular formula is C13H16BrN. The second-order valence-electron chi connectivity index (χ2n) is 5.21. The van der Waals surface area contributed by atoms with Crippen molar-refractivity contribution in [1.82, 2.24) is 5.32 Å². The van der Waals surface area contributed by atoms with Crippen molar-refractivity contribution in [3.05, 3.63) is 34.3 Å². The van der Waals surface area contributed by atoms with Crippen molar-refractivity contribution in [2.75, 3.05) is 13.1 Å². The Morgan fingerprint density at radius 1 is 1.27 bits per heavy atom. The molecule has 4 rings (SSSR count). The summed E-state index contributed by atoms with van der Waals surface area (Å²) in [7, 11) is 0. The topological polar surface area (TPSA) is 12.0 Å². The van der Waals surface area contributed by atoms with Crippen LogP contribution in [-0.2, 0) is 6.42 Å². The van der Waals surface area contributed by atoms with Crippen LogP contribution in [0.4, 0.5) is 0 Å². The third kappa shape index (κ3) is 1.85. The molecular weight excluding hydrogens is 250 g/mol. The molecule has 0 radical (unpaired) electrons. The maximum absolute atomic E-state index is 3.55. The van der Waals surface area contributed by atoms with Crippen molar-refractivity contribution in [1.29, 1.82) is 0 Å². The maximum Gasteiger partial charge on any atom is 0.0175 e. The van der Waals surface area contributed by atoms with Gasteiger partial charge in [-0.3, -0.25) is 0 Å². The Morgan fingerprint density at radius 3 is 2.60 bits per heavy atom. The molecule has 0 spiro atoms. The van der Waals surface area contributed by atoms with E-state index in [0.717, 1.165) is 5.92 Å². The van der Waals surface area contributed by atoms with Crippen LogP contribution in [0.3, 0.4) is 0 Å². The molecule has 1 nitrogen and oxygen atoms in total. The molecule has 2 saturated heterocycles. The number of halogens is 1. The van der Waals surface area contributed by atoms with Crippen LogP contribution in [0.25, 0.3) is 0 Å². The number of hydrogen-bond acceptors (Lipinski definition) is 1. The number of benzene rings is 1. The van der Waals surface area contributed by atoms with Crippen molar-refractivity contribution in [3.63, 3.8) is 0 Å². The maximum atomic E-state index is 3.55. The lowest BCUT2D eigenvalue weighted by atomic mass is 9.57. The first kappa shape index (κ1) is 9.86. The standard InChI is InChI=1S/C13H16BrN/c14-12-3-1-10(2-4-12)5-13-6-11(7-13)8-15-9-13/h1-4,11,15H,5-9H2. The highest BCUT2D eigenvalue weighted by atomic mass is 79.9. The Kier molecular flexibility index (Phi) is 2.37. The lowest BCUT2D eigenvalue weighted by Gasteiger charge is -2.53. The quantitative estimate of drug-likeness (QED) is 0.867. The Balaban J connectivity index is 1.72. The van der Waals surface area contributed by atoms with Crippen LogP contribution in [0.15, 0.2) is 28.7 Å². The molecule has 2 bridgehead atoms. The fourth-order valence-corrected chi connectivity index (χ4v) is 3.50. The van der Waals surface area contributed by atoms with Gasteiger partial charge in [-0.25, -0.2) is 0 Å². The van der Waals surface area contributed by atoms with E-state index in [2.05, 4.69) is 45.5 Å². The summed E-state index contributed by atoms with van der Waals surface area (Å²) in [4.78, 5) is 0. The lowest BCUT2D eigenvalue weighted by Crippen LogP contribution is -2.55. The molecule has 2 heterocycles. The van der Waals surface area contributed by atoms with E-state index < -0.39 is 0 Å². The predicted octanol–water partition coefficient (Wildman–Crippen LogP) is 2.99. The number of hydrogen-bond donors (Lipinski definition) is 1. The normalized spacial score (nSPS) is 33.5. The SMILES string of the molecule is Brc1ccc(CC23CNCC(C2)C3)cc1. The molecule has 2 heteroatoms. The summed E-state index contributed by atoms with van der Waals surface area (Å²) >= 11 is 3.48. The summed E-state index contributed by atoms with van der Waals surface area (Å²) in [5, 5.41) is 3.55. The van der Waals surface area contributed by atoms with Crippen molar-refractivity contribution in [2.24, 2.45) is 11.3 Å². The predicted molar refractivity (Wildman–Crippen MR) is 65.9 cm³/mol. The second-order valence-corrected chi connectivity index (χ2v) is 6.12. The molecule has 0 atom stereocenters. The number of nitrogens with one attached hydrogen (secondary N) is 1. The van der Waals surface area contributed by atoms with E-state index in [4.69, 9.17) is 0 Å². The van der Waals surface area contributed by atoms with Gasteiger partial charge in [-0.15, -0.1) is 0 Å². The van der Waals surface area contributed by atoms with Gasteiger partial charge in [-0.2, -0.15) is 0 Å². The van der Waals surface area contributed by atoms with Gasteiger partial charge in [0.2, 0.25) is 0 Å². The van der Waals surface area contributed by atoms with E-state index in [1.54, 1.807) is 0 Å². The van der Waals surface area contributed by atoms with Gasteiger partial charge in [0.15, 0.2) is 0 Å². The first-order valence-corrected chi connectivity index (χ1v) is 6.50. The molecule has 0 amide bonds. The molecule has 1 aliphatic carbocycles. The van der Waals surface area contributed by atoms with E-state index in [-0.39, 0.29) is 0 Å². The average Bonchev–Trinajstić information content (AvgIpc) is 2.21. The summed E-state index contributed by atoms with van der Waals surface area (Å²) in [6.45, 7) is 2.47. The van der Waals surface area contributed by atoms with Gasteiger partial charge in [0.05, 0.1) is 0 Å². The molecule has 0 aromatic heterocycles. The monoisotopic (exact) mass is 265 g/mol. The Hall–Kier alpha value is -0.340. The number of rotatable bonds is 2. The highest BCUT2D eigenvalue weighted by Crippen LogP contribution is 2.49. The summed E-state index contributed by atoms with van der Waals surface area (Å²) < 4.78 is 1.18. The third-order valence-electron chi connectivity index (χ3n) is 3.87. The minimum atomic E-state index is 0.594. The van der Waals surface area contributed by atoms with Crippen LogP contribution in [0, 0.1) is 11.3 Å². The number of fused-ring (bicyclic) bond motifs is 2. The summed E-state index contributed by atoms with van der Waals surface area (Å²) in [6.07, 6.45) is 4.13. The first-order valence-electron chi connectivity index (χ1n) is 5.71. The molecule has 1 N–H and O–H groups in total. The highest BCUT2D eigenvalue weighted by Gasteiger charge is 2.46. The molecule has 3 fully saturated rings. The fraction of sp³-hybridized carbons (Fsp3) is 0.538. The summed E-state index contributed by atoms with van der Waals surface area (Å²) in [6, 6.07) is 8.80. The van der Waals surface area contributed by atoms with Crippen LogP contribution >= 0.6 is 15.9 Å². The zero-order valence-corrected chi connectivity index (χ0v) is 10.4. The molecule has 2 aliphatic heterocycles. The molecule has 3 aliphatic rings. The molecule has 1 aromatic carbocycles. The third-order valence-corrected chi connectivity index (χ3v) is 4.40. The van der Waals surface area contributed by atoms with Crippen molar-refractivity contribution < 1.29 is 0 Å². The molecule has 1 aromatic rings. The fourth-order valence-electron chi connectivity index (χ4n) is 3.24. The smallest absolute Gasteiger partial charge is 0.0175 e. The Morgan fingerprint density at radius 2 is 2.00 bits per heavy atom. The average molecular weight is 266 g/mol. The summed E-state index contributed by atoms with van der Waals surface area (Å²) in [5.74, 6) is 0.967. The van der Waals surface area contributed by atoms with Gasteiger partial charge in [0.1, 0.15) is 0 Å². The Labute approximate surface area is 99.4 Å². The summed E-state index contributed by atoms with van der Waals surface area (Å²) in [5.41, 5.74) is 2.08. The molecule has 0 unspecified atom stereocenters. The van der Waals surface area contributed by atoms with Gasteiger partial charge in [-0.1, -0.05) is 28.1 Å². The minimum absolute atomic E-state index is 0.594. The van der Waals surface area contributed by atoms with Gasteiger partial charge in [0.25, 0.3) is 0 Å². The minimum Gasteiger partial charge on any atom is -0.316 e. The van der Waals surface area contributed by atoms with Gasteiger partial charge in [-0.05, 0) is 54.8 Å². The largest absolute Gasteiger partial charge is 0.316 e.